The first-order chi connectivity index (χ1) is 9.75. The van der Waals surface area contributed by atoms with Crippen molar-refractivity contribution in [2.24, 2.45) is 0 Å². The fraction of sp³-hybridized carbons (Fsp3) is 0.0714. The summed E-state index contributed by atoms with van der Waals surface area (Å²) in [5, 5.41) is 11.5. The summed E-state index contributed by atoms with van der Waals surface area (Å²) < 4.78 is 1.89. The molecule has 0 radical (unpaired) electrons. The highest BCUT2D eigenvalue weighted by atomic mass is 32.2. The van der Waals surface area contributed by atoms with Crippen LogP contribution in [0, 0.1) is 0 Å². The highest BCUT2D eigenvalue weighted by Gasteiger charge is 2.10. The van der Waals surface area contributed by atoms with E-state index >= 15 is 0 Å². The van der Waals surface area contributed by atoms with Crippen LogP contribution in [0.2, 0.25) is 0 Å². The molecule has 1 N–H and O–H groups in total. The number of rotatable bonds is 4. The van der Waals surface area contributed by atoms with Crippen molar-refractivity contribution >= 4 is 28.5 Å². The Morgan fingerprint density at radius 1 is 1.30 bits per heavy atom. The first-order valence-corrected chi connectivity index (χ1v) is 6.95. The van der Waals surface area contributed by atoms with E-state index in [2.05, 4.69) is 9.97 Å². The zero-order valence-electron chi connectivity index (χ0n) is 10.4. The van der Waals surface area contributed by atoms with Crippen LogP contribution in [-0.4, -0.2) is 31.4 Å². The Bertz CT molecular complexity index is 764. The van der Waals surface area contributed by atoms with Gasteiger partial charge in [-0.15, -0.1) is 0 Å². The van der Waals surface area contributed by atoms with E-state index in [1.54, 1.807) is 18.6 Å². The minimum Gasteiger partial charge on any atom is -0.481 e. The van der Waals surface area contributed by atoms with Crippen LogP contribution in [0.3, 0.4) is 0 Å². The highest BCUT2D eigenvalue weighted by molar-refractivity contribution is 7.99. The van der Waals surface area contributed by atoms with Crippen LogP contribution in [0.4, 0.5) is 0 Å². The molecule has 0 saturated carbocycles. The molecule has 0 aliphatic carbocycles. The standard InChI is InChI=1S/C14H11N3O2S/c18-13(19)9-20-14-16-6-7-17(14)12-3-1-2-10-4-5-15-8-11(10)12/h1-8H,9H2,(H,18,19). The monoisotopic (exact) mass is 285 g/mol. The predicted molar refractivity (Wildman–Crippen MR) is 77.2 cm³/mol. The third kappa shape index (κ3) is 2.37. The number of aromatic nitrogens is 3. The molecule has 1 aromatic carbocycles. The second-order valence-electron chi connectivity index (χ2n) is 4.14. The number of carboxylic acids is 1. The molecule has 0 saturated heterocycles. The first kappa shape index (κ1) is 12.7. The Labute approximate surface area is 119 Å². The molecule has 2 aromatic heterocycles. The van der Waals surface area contributed by atoms with Crippen molar-refractivity contribution in [2.75, 3.05) is 5.75 Å². The molecule has 20 heavy (non-hydrogen) atoms. The largest absolute Gasteiger partial charge is 0.481 e. The number of hydrogen-bond acceptors (Lipinski definition) is 4. The van der Waals surface area contributed by atoms with Gasteiger partial charge in [-0.25, -0.2) is 4.98 Å². The lowest BCUT2D eigenvalue weighted by atomic mass is 10.1. The molecule has 0 amide bonds. The molecule has 0 unspecified atom stereocenters. The fourth-order valence-corrected chi connectivity index (χ4v) is 2.70. The van der Waals surface area contributed by atoms with Crippen molar-refractivity contribution in [3.63, 3.8) is 0 Å². The summed E-state index contributed by atoms with van der Waals surface area (Å²) in [5.74, 6) is -0.871. The van der Waals surface area contributed by atoms with Gasteiger partial charge < -0.3 is 5.11 Å². The number of fused-ring (bicyclic) bond motifs is 1. The quantitative estimate of drug-likeness (QED) is 0.746. The van der Waals surface area contributed by atoms with E-state index in [1.165, 1.54) is 11.8 Å². The minimum absolute atomic E-state index is 0.0139. The number of carboxylic acid groups (broad SMARTS) is 1. The predicted octanol–water partition coefficient (Wildman–Crippen LogP) is 2.60. The van der Waals surface area contributed by atoms with E-state index in [0.29, 0.717) is 5.16 Å². The summed E-state index contributed by atoms with van der Waals surface area (Å²) in [7, 11) is 0. The Hall–Kier alpha value is -2.34. The summed E-state index contributed by atoms with van der Waals surface area (Å²) in [6.07, 6.45) is 7.04. The molecule has 100 valence electrons. The van der Waals surface area contributed by atoms with E-state index in [-0.39, 0.29) is 5.75 Å². The van der Waals surface area contributed by atoms with Gasteiger partial charge in [0.2, 0.25) is 0 Å². The molecule has 0 aliphatic rings. The molecule has 5 nitrogen and oxygen atoms in total. The van der Waals surface area contributed by atoms with E-state index in [4.69, 9.17) is 5.11 Å². The number of pyridine rings is 1. The summed E-state index contributed by atoms with van der Waals surface area (Å²) in [4.78, 5) is 19.1. The molecule has 3 rings (SSSR count). The van der Waals surface area contributed by atoms with E-state index < -0.39 is 5.97 Å². The topological polar surface area (TPSA) is 68.0 Å². The van der Waals surface area contributed by atoms with Crippen LogP contribution in [-0.2, 0) is 4.79 Å². The number of thioether (sulfide) groups is 1. The van der Waals surface area contributed by atoms with E-state index in [1.807, 2.05) is 35.0 Å². The molecule has 6 heteroatoms. The second-order valence-corrected chi connectivity index (χ2v) is 5.08. The molecule has 0 fully saturated rings. The van der Waals surface area contributed by atoms with Gasteiger partial charge in [0.25, 0.3) is 0 Å². The molecule has 0 bridgehead atoms. The zero-order chi connectivity index (χ0) is 13.9. The molecular formula is C14H11N3O2S. The van der Waals surface area contributed by atoms with Crippen LogP contribution >= 0.6 is 11.8 Å². The van der Waals surface area contributed by atoms with Crippen LogP contribution < -0.4 is 0 Å². The lowest BCUT2D eigenvalue weighted by molar-refractivity contribution is -0.133. The summed E-state index contributed by atoms with van der Waals surface area (Å²) in [5.41, 5.74) is 0.945. The van der Waals surface area contributed by atoms with Gasteiger partial charge in [-0.05, 0) is 17.5 Å². The Morgan fingerprint density at radius 3 is 3.05 bits per heavy atom. The normalized spacial score (nSPS) is 10.8. The van der Waals surface area contributed by atoms with Crippen molar-refractivity contribution in [1.29, 1.82) is 0 Å². The van der Waals surface area contributed by atoms with Crippen molar-refractivity contribution in [3.8, 4) is 5.69 Å². The second kappa shape index (κ2) is 5.34. The van der Waals surface area contributed by atoms with Gasteiger partial charge in [-0.3, -0.25) is 14.3 Å². The van der Waals surface area contributed by atoms with E-state index in [0.717, 1.165) is 16.5 Å². The third-order valence-electron chi connectivity index (χ3n) is 2.85. The van der Waals surface area contributed by atoms with Crippen LogP contribution in [0.15, 0.2) is 54.2 Å². The average molecular weight is 285 g/mol. The number of carbonyl (C=O) groups is 1. The molecule has 0 aliphatic heterocycles. The smallest absolute Gasteiger partial charge is 0.313 e. The maximum Gasteiger partial charge on any atom is 0.313 e. The molecule has 2 heterocycles. The summed E-state index contributed by atoms with van der Waals surface area (Å²) in [6.45, 7) is 0. The van der Waals surface area contributed by atoms with Crippen LogP contribution in [0.1, 0.15) is 0 Å². The number of nitrogens with zero attached hydrogens (tertiary/aromatic N) is 3. The number of hydrogen-bond donors (Lipinski definition) is 1. The van der Waals surface area contributed by atoms with Crippen molar-refractivity contribution < 1.29 is 9.90 Å². The van der Waals surface area contributed by atoms with Crippen molar-refractivity contribution in [1.82, 2.24) is 14.5 Å². The molecule has 0 spiro atoms. The fourth-order valence-electron chi connectivity index (χ4n) is 2.01. The van der Waals surface area contributed by atoms with Crippen molar-refractivity contribution in [3.05, 3.63) is 49.1 Å². The summed E-state index contributed by atoms with van der Waals surface area (Å²) in [6, 6.07) is 7.89. The van der Waals surface area contributed by atoms with Gasteiger partial charge >= 0.3 is 5.97 Å². The van der Waals surface area contributed by atoms with Crippen molar-refractivity contribution in [2.45, 2.75) is 5.16 Å². The minimum atomic E-state index is -0.857. The highest BCUT2D eigenvalue weighted by Crippen LogP contribution is 2.25. The Balaban J connectivity index is 2.08. The number of benzene rings is 1. The number of imidazole rings is 1. The number of aliphatic carboxylic acids is 1. The van der Waals surface area contributed by atoms with Crippen LogP contribution in [0.5, 0.6) is 0 Å². The zero-order valence-corrected chi connectivity index (χ0v) is 11.2. The third-order valence-corrected chi connectivity index (χ3v) is 3.80. The SMILES string of the molecule is O=C(O)CSc1nccn1-c1cccc2ccncc12. The average Bonchev–Trinajstić information content (AvgIpc) is 2.92. The van der Waals surface area contributed by atoms with E-state index in [9.17, 15) is 4.79 Å². The first-order valence-electron chi connectivity index (χ1n) is 5.97. The molecular weight excluding hydrogens is 274 g/mol. The van der Waals surface area contributed by atoms with Gasteiger partial charge in [0.05, 0.1) is 11.4 Å². The van der Waals surface area contributed by atoms with Gasteiger partial charge in [-0.2, -0.15) is 0 Å². The lowest BCUT2D eigenvalue weighted by Crippen LogP contribution is -2.01. The Kier molecular flexibility index (Phi) is 3.39. The summed E-state index contributed by atoms with van der Waals surface area (Å²) >= 11 is 1.20. The molecule has 0 atom stereocenters. The van der Waals surface area contributed by atoms with Gasteiger partial charge in [-0.1, -0.05) is 23.9 Å². The maximum atomic E-state index is 10.7. The van der Waals surface area contributed by atoms with Gasteiger partial charge in [0.15, 0.2) is 5.16 Å². The maximum absolute atomic E-state index is 10.7. The lowest BCUT2D eigenvalue weighted by Gasteiger charge is -2.09. The van der Waals surface area contributed by atoms with Crippen LogP contribution in [0.25, 0.3) is 16.5 Å². The molecule has 3 aromatic rings. The van der Waals surface area contributed by atoms with Gasteiger partial charge in [0, 0.05) is 30.2 Å². The Morgan fingerprint density at radius 2 is 2.20 bits per heavy atom. The van der Waals surface area contributed by atoms with Gasteiger partial charge in [0.1, 0.15) is 0 Å².